The van der Waals surface area contributed by atoms with Gasteiger partial charge < -0.3 is 26.8 Å². The average molecular weight is 524 g/mol. The largest absolute Gasteiger partial charge is 0.478 e. The van der Waals surface area contributed by atoms with E-state index in [0.29, 0.717) is 11.3 Å². The van der Waals surface area contributed by atoms with Crippen LogP contribution >= 0.6 is 0 Å². The molecular formula is C30H29N5O4. The van der Waals surface area contributed by atoms with E-state index in [-0.39, 0.29) is 29.4 Å². The number of pyridine rings is 1. The predicted octanol–water partition coefficient (Wildman–Crippen LogP) is 3.82. The molecule has 0 spiro atoms. The van der Waals surface area contributed by atoms with E-state index < -0.39 is 28.9 Å². The van der Waals surface area contributed by atoms with Crippen LogP contribution in [-0.2, 0) is 20.7 Å². The van der Waals surface area contributed by atoms with Crippen LogP contribution in [0.1, 0.15) is 35.5 Å². The lowest BCUT2D eigenvalue weighted by atomic mass is 9.66. The first-order valence-corrected chi connectivity index (χ1v) is 12.6. The van der Waals surface area contributed by atoms with Crippen LogP contribution in [0.25, 0.3) is 10.8 Å². The molecule has 0 aliphatic carbocycles. The molecule has 2 heterocycles. The number of aromatic carboxylic acids is 1. The molecule has 1 aliphatic heterocycles. The van der Waals surface area contributed by atoms with E-state index in [1.54, 1.807) is 54.7 Å². The molecule has 4 aromatic rings. The third kappa shape index (κ3) is 4.03. The predicted molar refractivity (Wildman–Crippen MR) is 149 cm³/mol. The van der Waals surface area contributed by atoms with E-state index in [2.05, 4.69) is 16.0 Å². The van der Waals surface area contributed by atoms with E-state index in [9.17, 15) is 19.5 Å². The van der Waals surface area contributed by atoms with Gasteiger partial charge >= 0.3 is 5.97 Å². The molecule has 2 unspecified atom stereocenters. The number of carbonyl (C=O) groups is 3. The number of nitrogens with zero attached hydrogens (tertiary/aromatic N) is 1. The van der Waals surface area contributed by atoms with Crippen LogP contribution in [0.5, 0.6) is 0 Å². The number of carboxylic acids is 1. The van der Waals surface area contributed by atoms with Gasteiger partial charge in [0.1, 0.15) is 0 Å². The Morgan fingerprint density at radius 2 is 1.67 bits per heavy atom. The third-order valence-corrected chi connectivity index (χ3v) is 7.10. The number of carboxylic acid groups (broad SMARTS) is 1. The number of aromatic nitrogens is 1. The first kappa shape index (κ1) is 25.7. The molecular weight excluding hydrogens is 494 g/mol. The van der Waals surface area contributed by atoms with Crippen molar-refractivity contribution in [2.45, 2.75) is 24.9 Å². The summed E-state index contributed by atoms with van der Waals surface area (Å²) < 4.78 is 0. The first-order chi connectivity index (χ1) is 18.7. The fourth-order valence-electron chi connectivity index (χ4n) is 5.26. The Morgan fingerprint density at radius 1 is 0.974 bits per heavy atom. The van der Waals surface area contributed by atoms with Gasteiger partial charge in [0.25, 0.3) is 0 Å². The highest BCUT2D eigenvalue weighted by Gasteiger charge is 2.66. The zero-order valence-corrected chi connectivity index (χ0v) is 21.6. The Hall–Kier alpha value is -4.92. The zero-order chi connectivity index (χ0) is 27.8. The highest BCUT2D eigenvalue weighted by molar-refractivity contribution is 6.14. The van der Waals surface area contributed by atoms with Crippen molar-refractivity contribution in [2.75, 3.05) is 17.2 Å². The van der Waals surface area contributed by atoms with Crippen LogP contribution in [0.15, 0.2) is 85.1 Å². The van der Waals surface area contributed by atoms with Gasteiger partial charge in [0, 0.05) is 18.1 Å². The molecule has 1 aliphatic rings. The van der Waals surface area contributed by atoms with E-state index in [4.69, 9.17) is 10.7 Å². The van der Waals surface area contributed by atoms with E-state index in [1.807, 2.05) is 38.1 Å². The minimum Gasteiger partial charge on any atom is -0.478 e. The quantitative estimate of drug-likeness (QED) is 0.221. The highest BCUT2D eigenvalue weighted by atomic mass is 16.4. The molecule has 3 aromatic carbocycles. The summed E-state index contributed by atoms with van der Waals surface area (Å²) in [4.78, 5) is 45.1. The molecule has 9 heteroatoms. The second-order valence-electron chi connectivity index (χ2n) is 10.0. The van der Waals surface area contributed by atoms with Gasteiger partial charge in [0.15, 0.2) is 11.1 Å². The number of benzene rings is 3. The summed E-state index contributed by atoms with van der Waals surface area (Å²) in [5.74, 6) is -2.66. The smallest absolute Gasteiger partial charge is 0.337 e. The molecule has 0 saturated carbocycles. The Morgan fingerprint density at radius 3 is 2.33 bits per heavy atom. The van der Waals surface area contributed by atoms with Crippen molar-refractivity contribution in [2.24, 2.45) is 11.7 Å². The molecule has 5 rings (SSSR count). The third-order valence-electron chi connectivity index (χ3n) is 7.10. The highest BCUT2D eigenvalue weighted by Crippen LogP contribution is 2.52. The summed E-state index contributed by atoms with van der Waals surface area (Å²) in [5, 5.41) is 21.1. The fraction of sp³-hybridized carbons (Fsp3) is 0.200. The van der Waals surface area contributed by atoms with Crippen molar-refractivity contribution in [1.29, 1.82) is 0 Å². The molecule has 0 saturated heterocycles. The number of hydrogen-bond donors (Lipinski definition) is 5. The maximum Gasteiger partial charge on any atom is 0.337 e. The number of nitrogens with two attached hydrogens (primary N) is 1. The normalized spacial score (nSPS) is 17.5. The molecule has 198 valence electrons. The lowest BCUT2D eigenvalue weighted by Crippen LogP contribution is -2.69. The molecule has 9 nitrogen and oxygen atoms in total. The Kier molecular flexibility index (Phi) is 6.43. The Balaban J connectivity index is 1.87. The number of hydrogen-bond acceptors (Lipinski definition) is 6. The van der Waals surface area contributed by atoms with Crippen molar-refractivity contribution in [1.82, 2.24) is 10.3 Å². The summed E-state index contributed by atoms with van der Waals surface area (Å²) in [5.41, 5.74) is 3.53. The SMILES string of the molecule is CC(C)CNC(=O)C(C(N)=O)(c1ccccc1)C1(c2cc3ccccc3cn2)Nc2cccc(C(=O)O)c2N1. The topological polar surface area (TPSA) is 146 Å². The van der Waals surface area contributed by atoms with Gasteiger partial charge in [-0.1, -0.05) is 74.5 Å². The van der Waals surface area contributed by atoms with Gasteiger partial charge in [-0.15, -0.1) is 0 Å². The lowest BCUT2D eigenvalue weighted by Gasteiger charge is -2.45. The van der Waals surface area contributed by atoms with Crippen LogP contribution in [0.3, 0.4) is 0 Å². The van der Waals surface area contributed by atoms with Crippen LogP contribution in [-0.4, -0.2) is 34.4 Å². The van der Waals surface area contributed by atoms with Gasteiger partial charge in [0.05, 0.1) is 22.6 Å². The summed E-state index contributed by atoms with van der Waals surface area (Å²) >= 11 is 0. The van der Waals surface area contributed by atoms with Crippen molar-refractivity contribution in [3.63, 3.8) is 0 Å². The second-order valence-corrected chi connectivity index (χ2v) is 10.0. The number of nitrogens with one attached hydrogen (secondary N) is 3. The molecule has 2 amide bonds. The number of carbonyl (C=O) groups excluding carboxylic acids is 2. The van der Waals surface area contributed by atoms with Gasteiger partial charge in [-0.25, -0.2) is 4.79 Å². The minimum atomic E-state index is -2.10. The van der Waals surface area contributed by atoms with Crippen LogP contribution < -0.4 is 21.7 Å². The molecule has 0 radical (unpaired) electrons. The van der Waals surface area contributed by atoms with Gasteiger partial charge in [-0.05, 0) is 35.1 Å². The maximum atomic E-state index is 14.4. The monoisotopic (exact) mass is 523 g/mol. The molecule has 0 fully saturated rings. The maximum absolute atomic E-state index is 14.4. The zero-order valence-electron chi connectivity index (χ0n) is 21.6. The summed E-state index contributed by atoms with van der Waals surface area (Å²) in [6.45, 7) is 4.17. The number of anilines is 2. The molecule has 39 heavy (non-hydrogen) atoms. The summed E-state index contributed by atoms with van der Waals surface area (Å²) in [6.07, 6.45) is 1.65. The molecule has 0 bridgehead atoms. The fourth-order valence-corrected chi connectivity index (χ4v) is 5.26. The van der Waals surface area contributed by atoms with Crippen LogP contribution in [0, 0.1) is 5.92 Å². The number of para-hydroxylation sites is 1. The standard InChI is InChI=1S/C30H29N5O4/c1-18(2)16-33-28(39)29(27(31)38,21-11-4-3-5-12-21)30(24-15-19-9-6-7-10-20(19)17-32-24)34-23-14-8-13-22(26(36)37)25(23)35-30/h3-15,17-18,34-35H,16H2,1-2H3,(H2,31,38)(H,33,39)(H,36,37). The Labute approximate surface area is 225 Å². The summed E-state index contributed by atoms with van der Waals surface area (Å²) in [6, 6.07) is 22.6. The van der Waals surface area contributed by atoms with Crippen molar-refractivity contribution < 1.29 is 19.5 Å². The van der Waals surface area contributed by atoms with Crippen LogP contribution in [0.4, 0.5) is 11.4 Å². The van der Waals surface area contributed by atoms with Crippen LogP contribution in [0.2, 0.25) is 0 Å². The number of primary amides is 1. The molecule has 1 aromatic heterocycles. The number of rotatable bonds is 8. The average Bonchev–Trinajstić information content (AvgIpc) is 3.33. The minimum absolute atomic E-state index is 0.0308. The lowest BCUT2D eigenvalue weighted by molar-refractivity contribution is -0.139. The number of amides is 2. The Bertz CT molecular complexity index is 1590. The van der Waals surface area contributed by atoms with Crippen molar-refractivity contribution >= 4 is 39.9 Å². The van der Waals surface area contributed by atoms with E-state index >= 15 is 0 Å². The van der Waals surface area contributed by atoms with Gasteiger partial charge in [-0.2, -0.15) is 0 Å². The first-order valence-electron chi connectivity index (χ1n) is 12.6. The second kappa shape index (κ2) is 9.75. The number of fused-ring (bicyclic) bond motifs is 2. The van der Waals surface area contributed by atoms with Crippen molar-refractivity contribution in [3.8, 4) is 0 Å². The van der Waals surface area contributed by atoms with Crippen molar-refractivity contribution in [3.05, 3.63) is 102 Å². The molecule has 6 N–H and O–H groups in total. The van der Waals surface area contributed by atoms with Gasteiger partial charge in [0.2, 0.25) is 11.8 Å². The molecule has 2 atom stereocenters. The summed E-state index contributed by atoms with van der Waals surface area (Å²) in [7, 11) is 0. The van der Waals surface area contributed by atoms with E-state index in [0.717, 1.165) is 10.8 Å². The van der Waals surface area contributed by atoms with E-state index in [1.165, 1.54) is 6.07 Å². The van der Waals surface area contributed by atoms with Gasteiger partial charge in [-0.3, -0.25) is 14.6 Å².